The van der Waals surface area contributed by atoms with Crippen molar-refractivity contribution in [2.24, 2.45) is 0 Å². The van der Waals surface area contributed by atoms with Crippen LogP contribution in [0, 0.1) is 0 Å². The monoisotopic (exact) mass is 511 g/mol. The number of urea groups is 1. The van der Waals surface area contributed by atoms with Gasteiger partial charge in [0.25, 0.3) is 5.56 Å². The van der Waals surface area contributed by atoms with E-state index in [2.05, 4.69) is 40.0 Å². The minimum atomic E-state index is -0.0903. The molecule has 33 heavy (non-hydrogen) atoms. The van der Waals surface area contributed by atoms with Gasteiger partial charge in [0.1, 0.15) is 5.82 Å². The Morgan fingerprint density at radius 2 is 1.85 bits per heavy atom. The SMILES string of the molecule is CCCn1c(C(CC)N2CCN(C(=O)Nc3cccc(Br)c3)CC2)nc2ccccc2c1=O. The van der Waals surface area contributed by atoms with E-state index >= 15 is 0 Å². The predicted molar refractivity (Wildman–Crippen MR) is 136 cm³/mol. The van der Waals surface area contributed by atoms with Gasteiger partial charge >= 0.3 is 6.03 Å². The van der Waals surface area contributed by atoms with Crippen LogP contribution in [0.1, 0.15) is 38.6 Å². The standard InChI is InChI=1S/C25H30BrN5O2/c1-3-12-31-23(28-21-11-6-5-10-20(21)24(31)32)22(4-2)29-13-15-30(16-14-29)25(33)27-19-9-7-8-18(26)17-19/h5-11,17,22H,3-4,12-16H2,1-2H3,(H,27,33). The minimum Gasteiger partial charge on any atom is -0.322 e. The summed E-state index contributed by atoms with van der Waals surface area (Å²) in [6.07, 6.45) is 1.71. The van der Waals surface area contributed by atoms with Crippen LogP contribution in [-0.2, 0) is 6.54 Å². The Balaban J connectivity index is 1.51. The number of nitrogens with one attached hydrogen (secondary N) is 1. The van der Waals surface area contributed by atoms with Crippen molar-refractivity contribution in [1.82, 2.24) is 19.4 Å². The van der Waals surface area contributed by atoms with Crippen LogP contribution in [0.2, 0.25) is 0 Å². The number of hydrogen-bond donors (Lipinski definition) is 1. The van der Waals surface area contributed by atoms with Crippen molar-refractivity contribution in [3.8, 4) is 0 Å². The molecule has 2 amide bonds. The zero-order valence-corrected chi connectivity index (χ0v) is 20.7. The summed E-state index contributed by atoms with van der Waals surface area (Å²) in [5.41, 5.74) is 1.55. The lowest BCUT2D eigenvalue weighted by Gasteiger charge is -2.39. The maximum Gasteiger partial charge on any atom is 0.321 e. The Bertz CT molecular complexity index is 1190. The molecule has 7 nitrogen and oxygen atoms in total. The van der Waals surface area contributed by atoms with E-state index < -0.39 is 0 Å². The maximum atomic E-state index is 13.2. The number of carbonyl (C=O) groups excluding carboxylic acids is 1. The Kier molecular flexibility index (Phi) is 7.45. The smallest absolute Gasteiger partial charge is 0.321 e. The van der Waals surface area contributed by atoms with Crippen LogP contribution >= 0.6 is 15.9 Å². The molecule has 1 aliphatic rings. The molecule has 2 aromatic carbocycles. The highest BCUT2D eigenvalue weighted by atomic mass is 79.9. The van der Waals surface area contributed by atoms with Gasteiger partial charge in [0, 0.05) is 42.9 Å². The van der Waals surface area contributed by atoms with Gasteiger partial charge in [-0.3, -0.25) is 14.3 Å². The molecule has 2 heterocycles. The molecule has 1 aliphatic heterocycles. The van der Waals surface area contributed by atoms with Crippen molar-refractivity contribution in [2.45, 2.75) is 39.3 Å². The molecule has 1 N–H and O–H groups in total. The van der Waals surface area contributed by atoms with Gasteiger partial charge < -0.3 is 10.2 Å². The van der Waals surface area contributed by atoms with Crippen molar-refractivity contribution in [3.63, 3.8) is 0 Å². The van der Waals surface area contributed by atoms with Gasteiger partial charge in [-0.25, -0.2) is 9.78 Å². The lowest BCUT2D eigenvalue weighted by molar-refractivity contribution is 0.105. The summed E-state index contributed by atoms with van der Waals surface area (Å²) in [6, 6.07) is 15.1. The first-order valence-electron chi connectivity index (χ1n) is 11.6. The molecule has 174 valence electrons. The number of para-hydroxylation sites is 1. The summed E-state index contributed by atoms with van der Waals surface area (Å²) >= 11 is 3.44. The van der Waals surface area contributed by atoms with Crippen LogP contribution in [-0.4, -0.2) is 51.6 Å². The Morgan fingerprint density at radius 3 is 2.55 bits per heavy atom. The second-order valence-electron chi connectivity index (χ2n) is 8.33. The Morgan fingerprint density at radius 1 is 1.09 bits per heavy atom. The minimum absolute atomic E-state index is 0.0305. The van der Waals surface area contributed by atoms with Crippen LogP contribution in [0.25, 0.3) is 10.9 Å². The van der Waals surface area contributed by atoms with E-state index in [0.29, 0.717) is 25.0 Å². The van der Waals surface area contributed by atoms with E-state index in [1.54, 1.807) is 0 Å². The normalized spacial score (nSPS) is 15.5. The predicted octanol–water partition coefficient (Wildman–Crippen LogP) is 4.87. The van der Waals surface area contributed by atoms with Crippen molar-refractivity contribution in [3.05, 3.63) is 69.2 Å². The van der Waals surface area contributed by atoms with E-state index in [9.17, 15) is 9.59 Å². The molecule has 4 rings (SSSR count). The zero-order valence-electron chi connectivity index (χ0n) is 19.1. The highest BCUT2D eigenvalue weighted by Crippen LogP contribution is 2.25. The van der Waals surface area contributed by atoms with Gasteiger partial charge in [0.2, 0.25) is 0 Å². The molecule has 1 atom stereocenters. The average molecular weight is 512 g/mol. The summed E-state index contributed by atoms with van der Waals surface area (Å²) in [4.78, 5) is 35.1. The van der Waals surface area contributed by atoms with Crippen molar-refractivity contribution in [2.75, 3.05) is 31.5 Å². The van der Waals surface area contributed by atoms with Gasteiger partial charge in [-0.15, -0.1) is 0 Å². The highest BCUT2D eigenvalue weighted by Gasteiger charge is 2.29. The van der Waals surface area contributed by atoms with Gasteiger partial charge in [0.15, 0.2) is 0 Å². The van der Waals surface area contributed by atoms with Gasteiger partial charge in [0.05, 0.1) is 16.9 Å². The molecule has 0 spiro atoms. The van der Waals surface area contributed by atoms with Crippen molar-refractivity contribution in [1.29, 1.82) is 0 Å². The quantitative estimate of drug-likeness (QED) is 0.512. The largest absolute Gasteiger partial charge is 0.322 e. The summed E-state index contributed by atoms with van der Waals surface area (Å²) in [6.45, 7) is 7.59. The number of carbonyl (C=O) groups is 1. The van der Waals surface area contributed by atoms with Crippen LogP contribution < -0.4 is 10.9 Å². The van der Waals surface area contributed by atoms with Crippen molar-refractivity contribution >= 4 is 38.6 Å². The van der Waals surface area contributed by atoms with E-state index in [1.807, 2.05) is 58.0 Å². The first-order chi connectivity index (χ1) is 16.0. The van der Waals surface area contributed by atoms with Gasteiger partial charge in [-0.1, -0.05) is 48.0 Å². The van der Waals surface area contributed by atoms with Gasteiger partial charge in [-0.05, 0) is 43.2 Å². The fourth-order valence-corrected chi connectivity index (χ4v) is 4.89. The lowest BCUT2D eigenvalue weighted by Crippen LogP contribution is -2.51. The topological polar surface area (TPSA) is 70.5 Å². The molecule has 3 aromatic rings. The average Bonchev–Trinajstić information content (AvgIpc) is 2.82. The lowest BCUT2D eigenvalue weighted by atomic mass is 10.1. The Labute approximate surface area is 202 Å². The molecule has 1 fully saturated rings. The molecule has 0 saturated carbocycles. The number of anilines is 1. The molecule has 1 aromatic heterocycles. The highest BCUT2D eigenvalue weighted by molar-refractivity contribution is 9.10. The fraction of sp³-hybridized carbons (Fsp3) is 0.400. The number of benzene rings is 2. The maximum absolute atomic E-state index is 13.2. The number of halogens is 1. The third-order valence-corrected chi connectivity index (χ3v) is 6.63. The van der Waals surface area contributed by atoms with E-state index in [1.165, 1.54) is 0 Å². The number of hydrogen-bond acceptors (Lipinski definition) is 4. The summed E-state index contributed by atoms with van der Waals surface area (Å²) in [5, 5.41) is 3.64. The molecule has 1 unspecified atom stereocenters. The summed E-state index contributed by atoms with van der Waals surface area (Å²) in [5.74, 6) is 0.829. The fourth-order valence-electron chi connectivity index (χ4n) is 4.49. The van der Waals surface area contributed by atoms with E-state index in [4.69, 9.17) is 4.98 Å². The molecule has 0 radical (unpaired) electrons. The number of amides is 2. The third kappa shape index (κ3) is 5.12. The van der Waals surface area contributed by atoms with Crippen molar-refractivity contribution < 1.29 is 4.79 Å². The molecular weight excluding hydrogens is 482 g/mol. The summed E-state index contributed by atoms with van der Waals surface area (Å²) in [7, 11) is 0. The van der Waals surface area contributed by atoms with Crippen LogP contribution in [0.15, 0.2) is 57.8 Å². The molecule has 0 bridgehead atoms. The molecule has 1 saturated heterocycles. The van der Waals surface area contributed by atoms with E-state index in [-0.39, 0.29) is 17.6 Å². The third-order valence-electron chi connectivity index (χ3n) is 6.14. The molecule has 8 heteroatoms. The van der Waals surface area contributed by atoms with Crippen LogP contribution in [0.3, 0.4) is 0 Å². The molecular formula is C25H30BrN5O2. The first kappa shape index (κ1) is 23.4. The second-order valence-corrected chi connectivity index (χ2v) is 9.25. The zero-order chi connectivity index (χ0) is 23.4. The number of piperazine rings is 1. The Hall–Kier alpha value is -2.71. The second kappa shape index (κ2) is 10.5. The number of nitrogens with zero attached hydrogens (tertiary/aromatic N) is 4. The van der Waals surface area contributed by atoms with Crippen LogP contribution in [0.4, 0.5) is 10.5 Å². The number of rotatable bonds is 6. The van der Waals surface area contributed by atoms with Gasteiger partial charge in [-0.2, -0.15) is 0 Å². The number of aromatic nitrogens is 2. The number of fused-ring (bicyclic) bond motifs is 1. The van der Waals surface area contributed by atoms with Crippen LogP contribution in [0.5, 0.6) is 0 Å². The van der Waals surface area contributed by atoms with E-state index in [0.717, 1.165) is 47.4 Å². The molecule has 0 aliphatic carbocycles. The first-order valence-corrected chi connectivity index (χ1v) is 12.4. The summed E-state index contributed by atoms with van der Waals surface area (Å²) < 4.78 is 2.78.